The van der Waals surface area contributed by atoms with Crippen molar-refractivity contribution in [2.75, 3.05) is 26.0 Å². The van der Waals surface area contributed by atoms with Gasteiger partial charge < -0.3 is 21.1 Å². The van der Waals surface area contributed by atoms with Crippen molar-refractivity contribution in [3.8, 4) is 0 Å². The summed E-state index contributed by atoms with van der Waals surface area (Å²) in [5.74, 6) is -1.32. The third-order valence-corrected chi connectivity index (χ3v) is 5.85. The molecule has 0 fully saturated rings. The van der Waals surface area contributed by atoms with Gasteiger partial charge in [-0.2, -0.15) is 0 Å². The van der Waals surface area contributed by atoms with E-state index in [1.165, 1.54) is 44.4 Å². The molecule has 3 amide bonds. The van der Waals surface area contributed by atoms with Gasteiger partial charge in [0, 0.05) is 26.3 Å². The zero-order valence-corrected chi connectivity index (χ0v) is 17.2. The number of benzene rings is 2. The lowest BCUT2D eigenvalue weighted by atomic mass is 10.2. The van der Waals surface area contributed by atoms with E-state index in [-0.39, 0.29) is 17.0 Å². The van der Waals surface area contributed by atoms with E-state index in [0.29, 0.717) is 11.3 Å². The zero-order chi connectivity index (χ0) is 22.3. The first kappa shape index (κ1) is 22.8. The SMILES string of the molecule is CN(C)S(=O)(=O)c1ccccc1CNC(=O)COC(=O)c1ccc(NC(N)=O)cc1. The Kier molecular flexibility index (Phi) is 7.50. The highest BCUT2D eigenvalue weighted by Gasteiger charge is 2.21. The Hall–Kier alpha value is -3.44. The van der Waals surface area contributed by atoms with E-state index in [0.717, 1.165) is 4.31 Å². The van der Waals surface area contributed by atoms with Gasteiger partial charge >= 0.3 is 12.0 Å². The van der Waals surface area contributed by atoms with Crippen LogP contribution < -0.4 is 16.4 Å². The summed E-state index contributed by atoms with van der Waals surface area (Å²) in [4.78, 5) is 34.9. The number of nitrogens with two attached hydrogens (primary N) is 1. The maximum atomic E-state index is 12.4. The number of carbonyl (C=O) groups excluding carboxylic acids is 3. The van der Waals surface area contributed by atoms with Gasteiger partial charge in [-0.1, -0.05) is 18.2 Å². The number of anilines is 1. The number of rotatable bonds is 8. The van der Waals surface area contributed by atoms with Gasteiger partial charge in [0.1, 0.15) is 0 Å². The van der Waals surface area contributed by atoms with Crippen LogP contribution >= 0.6 is 0 Å². The highest BCUT2D eigenvalue weighted by atomic mass is 32.2. The Morgan fingerprint density at radius 3 is 2.27 bits per heavy atom. The van der Waals surface area contributed by atoms with Crippen LogP contribution in [0.3, 0.4) is 0 Å². The topological polar surface area (TPSA) is 148 Å². The van der Waals surface area contributed by atoms with E-state index < -0.39 is 34.5 Å². The summed E-state index contributed by atoms with van der Waals surface area (Å²) in [6.07, 6.45) is 0. The van der Waals surface area contributed by atoms with Crippen LogP contribution in [0.1, 0.15) is 15.9 Å². The molecule has 11 heteroatoms. The number of esters is 1. The molecule has 0 unspecified atom stereocenters. The predicted molar refractivity (Wildman–Crippen MR) is 109 cm³/mol. The monoisotopic (exact) mass is 434 g/mol. The molecule has 10 nitrogen and oxygen atoms in total. The number of hydrogen-bond acceptors (Lipinski definition) is 6. The fourth-order valence-corrected chi connectivity index (χ4v) is 3.50. The number of amides is 3. The highest BCUT2D eigenvalue weighted by Crippen LogP contribution is 2.18. The molecule has 0 aliphatic rings. The summed E-state index contributed by atoms with van der Waals surface area (Å²) in [6, 6.07) is 11.3. The smallest absolute Gasteiger partial charge is 0.338 e. The number of urea groups is 1. The van der Waals surface area contributed by atoms with Gasteiger partial charge in [0.15, 0.2) is 6.61 Å². The van der Waals surface area contributed by atoms with Crippen LogP contribution in [0.2, 0.25) is 0 Å². The van der Waals surface area contributed by atoms with Crippen LogP contribution in [0.25, 0.3) is 0 Å². The highest BCUT2D eigenvalue weighted by molar-refractivity contribution is 7.89. The minimum absolute atomic E-state index is 0.0485. The number of carbonyl (C=O) groups is 3. The molecular weight excluding hydrogens is 412 g/mol. The third kappa shape index (κ3) is 6.03. The fraction of sp³-hybridized carbons (Fsp3) is 0.211. The van der Waals surface area contributed by atoms with Gasteiger partial charge in [0.2, 0.25) is 10.0 Å². The van der Waals surface area contributed by atoms with Crippen LogP contribution in [-0.4, -0.2) is 51.3 Å². The largest absolute Gasteiger partial charge is 0.452 e. The van der Waals surface area contributed by atoms with Crippen LogP contribution in [0, 0.1) is 0 Å². The standard InChI is InChI=1S/C19H22N4O6S/c1-23(2)30(27,28)16-6-4-3-5-14(16)11-21-17(24)12-29-18(25)13-7-9-15(10-8-13)22-19(20)26/h3-10H,11-12H2,1-2H3,(H,21,24)(H3,20,22,26). The number of ether oxygens (including phenoxy) is 1. The van der Waals surface area contributed by atoms with Gasteiger partial charge in [-0.25, -0.2) is 22.3 Å². The second-order valence-electron chi connectivity index (χ2n) is 6.31. The van der Waals surface area contributed by atoms with Crippen molar-refractivity contribution in [1.29, 1.82) is 0 Å². The van der Waals surface area contributed by atoms with Crippen molar-refractivity contribution in [2.45, 2.75) is 11.4 Å². The third-order valence-electron chi connectivity index (χ3n) is 3.93. The van der Waals surface area contributed by atoms with E-state index in [2.05, 4.69) is 10.6 Å². The maximum Gasteiger partial charge on any atom is 0.338 e. The Bertz CT molecular complexity index is 1040. The van der Waals surface area contributed by atoms with Crippen molar-refractivity contribution >= 4 is 33.6 Å². The first-order valence-electron chi connectivity index (χ1n) is 8.72. The van der Waals surface area contributed by atoms with E-state index >= 15 is 0 Å². The Morgan fingerprint density at radius 1 is 1.03 bits per heavy atom. The van der Waals surface area contributed by atoms with E-state index in [9.17, 15) is 22.8 Å². The van der Waals surface area contributed by atoms with Crippen molar-refractivity contribution in [1.82, 2.24) is 9.62 Å². The first-order valence-corrected chi connectivity index (χ1v) is 10.2. The Morgan fingerprint density at radius 2 is 1.67 bits per heavy atom. The van der Waals surface area contributed by atoms with Crippen molar-refractivity contribution in [3.63, 3.8) is 0 Å². The van der Waals surface area contributed by atoms with Crippen LogP contribution in [-0.2, 0) is 26.1 Å². The summed E-state index contributed by atoms with van der Waals surface area (Å²) in [7, 11) is -0.831. The summed E-state index contributed by atoms with van der Waals surface area (Å²) >= 11 is 0. The van der Waals surface area contributed by atoms with Gasteiger partial charge in [0.05, 0.1) is 10.5 Å². The molecule has 0 atom stereocenters. The number of sulfonamides is 1. The average Bonchev–Trinajstić information content (AvgIpc) is 2.70. The second-order valence-corrected chi connectivity index (χ2v) is 8.43. The molecule has 0 aromatic heterocycles. The molecule has 0 saturated carbocycles. The number of primary amides is 1. The number of nitrogens with one attached hydrogen (secondary N) is 2. The van der Waals surface area contributed by atoms with E-state index in [1.54, 1.807) is 18.2 Å². The molecule has 30 heavy (non-hydrogen) atoms. The summed E-state index contributed by atoms with van der Waals surface area (Å²) in [6.45, 7) is -0.587. The molecule has 0 aliphatic carbocycles. The van der Waals surface area contributed by atoms with Crippen LogP contribution in [0.15, 0.2) is 53.4 Å². The van der Waals surface area contributed by atoms with E-state index in [4.69, 9.17) is 10.5 Å². The number of nitrogens with zero attached hydrogens (tertiary/aromatic N) is 1. The van der Waals surface area contributed by atoms with Crippen molar-refractivity contribution in [2.24, 2.45) is 5.73 Å². The first-order chi connectivity index (χ1) is 14.1. The number of hydrogen-bond donors (Lipinski definition) is 3. The molecule has 0 heterocycles. The predicted octanol–water partition coefficient (Wildman–Crippen LogP) is 0.901. The maximum absolute atomic E-state index is 12.4. The minimum atomic E-state index is -3.67. The Balaban J connectivity index is 1.92. The molecule has 0 saturated heterocycles. The normalized spacial score (nSPS) is 11.0. The Labute approximate surface area is 174 Å². The quantitative estimate of drug-likeness (QED) is 0.526. The van der Waals surface area contributed by atoms with Gasteiger partial charge in [-0.3, -0.25) is 4.79 Å². The summed E-state index contributed by atoms with van der Waals surface area (Å²) in [5.41, 5.74) is 5.99. The summed E-state index contributed by atoms with van der Waals surface area (Å²) in [5, 5.41) is 4.88. The molecular formula is C19H22N4O6S. The van der Waals surface area contributed by atoms with Gasteiger partial charge in [-0.05, 0) is 35.9 Å². The molecule has 0 spiro atoms. The average molecular weight is 434 g/mol. The lowest BCUT2D eigenvalue weighted by Gasteiger charge is -2.15. The lowest BCUT2D eigenvalue weighted by molar-refractivity contribution is -0.124. The van der Waals surface area contributed by atoms with E-state index in [1.807, 2.05) is 0 Å². The zero-order valence-electron chi connectivity index (χ0n) is 16.4. The summed E-state index contributed by atoms with van der Waals surface area (Å²) < 4.78 is 30.8. The molecule has 160 valence electrons. The van der Waals surface area contributed by atoms with Crippen molar-refractivity contribution in [3.05, 3.63) is 59.7 Å². The van der Waals surface area contributed by atoms with Crippen LogP contribution in [0.5, 0.6) is 0 Å². The molecule has 0 radical (unpaired) electrons. The molecule has 2 rings (SSSR count). The van der Waals surface area contributed by atoms with Gasteiger partial charge in [0.25, 0.3) is 5.91 Å². The minimum Gasteiger partial charge on any atom is -0.452 e. The fourth-order valence-electron chi connectivity index (χ4n) is 2.39. The van der Waals surface area contributed by atoms with Gasteiger partial charge in [-0.15, -0.1) is 0 Å². The molecule has 2 aromatic rings. The molecule has 4 N–H and O–H groups in total. The lowest BCUT2D eigenvalue weighted by Crippen LogP contribution is -2.30. The van der Waals surface area contributed by atoms with Crippen molar-refractivity contribution < 1.29 is 27.5 Å². The molecule has 2 aromatic carbocycles. The molecule has 0 aliphatic heterocycles. The second kappa shape index (κ2) is 9.85. The van der Waals surface area contributed by atoms with Crippen LogP contribution in [0.4, 0.5) is 10.5 Å². The molecule has 0 bridgehead atoms.